The number of rotatable bonds is 3. The van der Waals surface area contributed by atoms with Crippen molar-refractivity contribution in [1.29, 1.82) is 0 Å². The molecule has 0 aliphatic carbocycles. The van der Waals surface area contributed by atoms with Crippen molar-refractivity contribution in [1.82, 2.24) is 5.32 Å². The van der Waals surface area contributed by atoms with Crippen molar-refractivity contribution in [2.24, 2.45) is 0 Å². The fraction of sp³-hybridized carbons (Fsp3) is 0.154. The average molecular weight is 249 g/mol. The van der Waals surface area contributed by atoms with Crippen LogP contribution < -0.4 is 5.32 Å². The van der Waals surface area contributed by atoms with E-state index in [-0.39, 0.29) is 11.7 Å². The van der Waals surface area contributed by atoms with E-state index in [1.807, 2.05) is 13.0 Å². The SMILES string of the molecule is CCNC(=O)c1ccc(-c2ccc(F)cc2)s1. The summed E-state index contributed by atoms with van der Waals surface area (Å²) in [5, 5.41) is 2.75. The lowest BCUT2D eigenvalue weighted by Gasteiger charge is -1.98. The molecule has 0 fully saturated rings. The van der Waals surface area contributed by atoms with E-state index in [0.717, 1.165) is 10.4 Å². The Balaban J connectivity index is 2.23. The van der Waals surface area contributed by atoms with Crippen LogP contribution in [0.1, 0.15) is 16.6 Å². The number of hydrogen-bond donors (Lipinski definition) is 1. The number of amides is 1. The van der Waals surface area contributed by atoms with E-state index >= 15 is 0 Å². The first-order chi connectivity index (χ1) is 8.20. The van der Waals surface area contributed by atoms with Crippen molar-refractivity contribution in [2.75, 3.05) is 6.54 Å². The van der Waals surface area contributed by atoms with Crippen molar-refractivity contribution < 1.29 is 9.18 Å². The molecule has 1 heterocycles. The maximum Gasteiger partial charge on any atom is 0.261 e. The monoisotopic (exact) mass is 249 g/mol. The van der Waals surface area contributed by atoms with Gasteiger partial charge in [0.2, 0.25) is 0 Å². The van der Waals surface area contributed by atoms with Crippen LogP contribution in [0.3, 0.4) is 0 Å². The third-order valence-electron chi connectivity index (χ3n) is 2.30. The van der Waals surface area contributed by atoms with E-state index in [0.29, 0.717) is 11.4 Å². The van der Waals surface area contributed by atoms with Crippen LogP contribution in [0.15, 0.2) is 36.4 Å². The predicted octanol–water partition coefficient (Wildman–Crippen LogP) is 3.30. The Hall–Kier alpha value is -1.68. The Kier molecular flexibility index (Phi) is 3.54. The molecule has 2 nitrogen and oxygen atoms in total. The summed E-state index contributed by atoms with van der Waals surface area (Å²) in [7, 11) is 0. The summed E-state index contributed by atoms with van der Waals surface area (Å²) < 4.78 is 12.8. The van der Waals surface area contributed by atoms with E-state index in [4.69, 9.17) is 0 Å². The minimum atomic E-state index is -0.255. The largest absolute Gasteiger partial charge is 0.352 e. The van der Waals surface area contributed by atoms with E-state index in [1.165, 1.54) is 23.5 Å². The molecule has 0 aliphatic heterocycles. The van der Waals surface area contributed by atoms with E-state index < -0.39 is 0 Å². The Morgan fingerprint density at radius 2 is 1.94 bits per heavy atom. The first-order valence-electron chi connectivity index (χ1n) is 5.34. The maximum atomic E-state index is 12.8. The van der Waals surface area contributed by atoms with Crippen LogP contribution in [-0.2, 0) is 0 Å². The summed E-state index contributed by atoms with van der Waals surface area (Å²) in [6, 6.07) is 9.92. The van der Waals surface area contributed by atoms with Crippen LogP contribution in [0.5, 0.6) is 0 Å². The normalized spacial score (nSPS) is 10.2. The Morgan fingerprint density at radius 1 is 1.24 bits per heavy atom. The van der Waals surface area contributed by atoms with Crippen LogP contribution in [0, 0.1) is 5.82 Å². The number of nitrogens with one attached hydrogen (secondary N) is 1. The summed E-state index contributed by atoms with van der Waals surface area (Å²) in [5.41, 5.74) is 0.923. The standard InChI is InChI=1S/C13H12FNOS/c1-2-15-13(16)12-8-7-11(17-12)9-3-5-10(14)6-4-9/h3-8H,2H2,1H3,(H,15,16). The summed E-state index contributed by atoms with van der Waals surface area (Å²) in [4.78, 5) is 13.2. The number of hydrogen-bond acceptors (Lipinski definition) is 2. The van der Waals surface area contributed by atoms with Crippen LogP contribution in [0.4, 0.5) is 4.39 Å². The van der Waals surface area contributed by atoms with Crippen LogP contribution in [0.25, 0.3) is 10.4 Å². The molecule has 0 radical (unpaired) electrons. The summed E-state index contributed by atoms with van der Waals surface area (Å²) in [6.07, 6.45) is 0. The van der Waals surface area contributed by atoms with Crippen molar-refractivity contribution in [2.45, 2.75) is 6.92 Å². The van der Waals surface area contributed by atoms with Gasteiger partial charge in [-0.15, -0.1) is 11.3 Å². The highest BCUT2D eigenvalue weighted by molar-refractivity contribution is 7.17. The van der Waals surface area contributed by atoms with Crippen molar-refractivity contribution in [3.8, 4) is 10.4 Å². The zero-order valence-corrected chi connectivity index (χ0v) is 10.2. The number of thiophene rings is 1. The number of halogens is 1. The van der Waals surface area contributed by atoms with Gasteiger partial charge in [0.1, 0.15) is 5.82 Å². The Bertz CT molecular complexity index is 518. The zero-order chi connectivity index (χ0) is 12.3. The van der Waals surface area contributed by atoms with Gasteiger partial charge in [0, 0.05) is 11.4 Å². The van der Waals surface area contributed by atoms with Gasteiger partial charge in [0.25, 0.3) is 5.91 Å². The lowest BCUT2D eigenvalue weighted by Crippen LogP contribution is -2.21. The molecule has 88 valence electrons. The molecular formula is C13H12FNOS. The highest BCUT2D eigenvalue weighted by atomic mass is 32.1. The van der Waals surface area contributed by atoms with Crippen molar-refractivity contribution in [3.63, 3.8) is 0 Å². The van der Waals surface area contributed by atoms with Gasteiger partial charge in [-0.2, -0.15) is 0 Å². The van der Waals surface area contributed by atoms with Gasteiger partial charge in [-0.25, -0.2) is 4.39 Å². The zero-order valence-electron chi connectivity index (χ0n) is 9.37. The van der Waals surface area contributed by atoms with Crippen LogP contribution in [0.2, 0.25) is 0 Å². The van der Waals surface area contributed by atoms with Crippen LogP contribution >= 0.6 is 11.3 Å². The minimum absolute atomic E-state index is 0.0640. The highest BCUT2D eigenvalue weighted by Gasteiger charge is 2.08. The predicted molar refractivity (Wildman–Crippen MR) is 67.7 cm³/mol. The molecule has 2 aromatic rings. The summed E-state index contributed by atoms with van der Waals surface area (Å²) >= 11 is 1.41. The molecular weight excluding hydrogens is 237 g/mol. The van der Waals surface area contributed by atoms with E-state index in [9.17, 15) is 9.18 Å². The van der Waals surface area contributed by atoms with E-state index in [1.54, 1.807) is 18.2 Å². The van der Waals surface area contributed by atoms with Gasteiger partial charge in [-0.3, -0.25) is 4.79 Å². The van der Waals surface area contributed by atoms with Crippen molar-refractivity contribution in [3.05, 3.63) is 47.1 Å². The molecule has 1 aromatic carbocycles. The Labute approximate surface area is 103 Å². The van der Waals surface area contributed by atoms with Crippen molar-refractivity contribution >= 4 is 17.2 Å². The first-order valence-corrected chi connectivity index (χ1v) is 6.16. The highest BCUT2D eigenvalue weighted by Crippen LogP contribution is 2.28. The van der Waals surface area contributed by atoms with Gasteiger partial charge in [0.15, 0.2) is 0 Å². The van der Waals surface area contributed by atoms with Gasteiger partial charge in [-0.05, 0) is 36.8 Å². The number of carbonyl (C=O) groups excluding carboxylic acids is 1. The molecule has 17 heavy (non-hydrogen) atoms. The quantitative estimate of drug-likeness (QED) is 0.888. The maximum absolute atomic E-state index is 12.8. The third-order valence-corrected chi connectivity index (χ3v) is 3.43. The minimum Gasteiger partial charge on any atom is -0.352 e. The topological polar surface area (TPSA) is 29.1 Å². The molecule has 4 heteroatoms. The number of benzene rings is 1. The van der Waals surface area contributed by atoms with Gasteiger partial charge in [0.05, 0.1) is 4.88 Å². The molecule has 0 saturated carbocycles. The molecule has 2 rings (SSSR count). The second-order valence-corrected chi connectivity index (χ2v) is 4.61. The van der Waals surface area contributed by atoms with Crippen LogP contribution in [-0.4, -0.2) is 12.5 Å². The summed E-state index contributed by atoms with van der Waals surface area (Å²) in [6.45, 7) is 2.50. The second kappa shape index (κ2) is 5.10. The van der Waals surface area contributed by atoms with Gasteiger partial charge < -0.3 is 5.32 Å². The molecule has 0 saturated heterocycles. The molecule has 0 aliphatic rings. The molecule has 1 aromatic heterocycles. The summed E-state index contributed by atoms with van der Waals surface area (Å²) in [5.74, 6) is -0.319. The fourth-order valence-corrected chi connectivity index (χ4v) is 2.40. The molecule has 0 atom stereocenters. The molecule has 0 spiro atoms. The molecule has 1 N–H and O–H groups in total. The Morgan fingerprint density at radius 3 is 2.59 bits per heavy atom. The van der Waals surface area contributed by atoms with Gasteiger partial charge in [-0.1, -0.05) is 12.1 Å². The number of carbonyl (C=O) groups is 1. The fourth-order valence-electron chi connectivity index (χ4n) is 1.48. The molecule has 1 amide bonds. The average Bonchev–Trinajstić information content (AvgIpc) is 2.80. The van der Waals surface area contributed by atoms with Gasteiger partial charge >= 0.3 is 0 Å². The molecule has 0 unspecified atom stereocenters. The lowest BCUT2D eigenvalue weighted by molar-refractivity contribution is 0.0960. The lowest BCUT2D eigenvalue weighted by atomic mass is 10.2. The third kappa shape index (κ3) is 2.71. The smallest absolute Gasteiger partial charge is 0.261 e. The molecule has 0 bridgehead atoms. The van der Waals surface area contributed by atoms with E-state index in [2.05, 4.69) is 5.32 Å². The second-order valence-electron chi connectivity index (χ2n) is 3.53. The first kappa shape index (κ1) is 11.8.